The second kappa shape index (κ2) is 5.77. The first-order valence-corrected chi connectivity index (χ1v) is 6.86. The van der Waals surface area contributed by atoms with Crippen LogP contribution in [0.1, 0.15) is 33.9 Å². The highest BCUT2D eigenvalue weighted by molar-refractivity contribution is 6.31. The van der Waals surface area contributed by atoms with E-state index < -0.39 is 6.10 Å². The van der Waals surface area contributed by atoms with E-state index in [0.717, 1.165) is 5.56 Å². The minimum absolute atomic E-state index is 0.561. The Bertz CT molecular complexity index is 567. The van der Waals surface area contributed by atoms with E-state index in [0.29, 0.717) is 11.4 Å². The van der Waals surface area contributed by atoms with E-state index in [2.05, 4.69) is 32.9 Å². The number of aliphatic hydroxyl groups excluding tert-OH is 1. The van der Waals surface area contributed by atoms with Gasteiger partial charge in [0.05, 0.1) is 6.10 Å². The van der Waals surface area contributed by atoms with Gasteiger partial charge in [0, 0.05) is 11.4 Å². The topological polar surface area (TPSA) is 20.2 Å². The summed E-state index contributed by atoms with van der Waals surface area (Å²) in [6.07, 6.45) is 0.0376. The highest BCUT2D eigenvalue weighted by Crippen LogP contribution is 2.28. The molecule has 0 aliphatic heterocycles. The maximum Gasteiger partial charge on any atom is 0.0844 e. The molecule has 2 heteroatoms. The van der Waals surface area contributed by atoms with E-state index in [1.807, 2.05) is 24.3 Å². The molecule has 2 rings (SSSR count). The van der Waals surface area contributed by atoms with E-state index in [1.54, 1.807) is 0 Å². The predicted octanol–water partition coefficient (Wildman–Crippen LogP) is 4.54. The summed E-state index contributed by atoms with van der Waals surface area (Å²) in [5.41, 5.74) is 5.71. The van der Waals surface area contributed by atoms with E-state index >= 15 is 0 Å². The van der Waals surface area contributed by atoms with Gasteiger partial charge in [0.1, 0.15) is 0 Å². The molecule has 0 amide bonds. The summed E-state index contributed by atoms with van der Waals surface area (Å²) in [6, 6.07) is 11.8. The Balaban J connectivity index is 2.29. The monoisotopic (exact) mass is 274 g/mol. The van der Waals surface area contributed by atoms with Gasteiger partial charge >= 0.3 is 0 Å². The van der Waals surface area contributed by atoms with Gasteiger partial charge in [-0.05, 0) is 49.1 Å². The maximum absolute atomic E-state index is 10.4. The van der Waals surface area contributed by atoms with Gasteiger partial charge in [-0.2, -0.15) is 0 Å². The van der Waals surface area contributed by atoms with Crippen molar-refractivity contribution in [2.24, 2.45) is 0 Å². The largest absolute Gasteiger partial charge is 0.388 e. The van der Waals surface area contributed by atoms with Crippen molar-refractivity contribution in [2.45, 2.75) is 33.3 Å². The molecule has 1 unspecified atom stereocenters. The van der Waals surface area contributed by atoms with Crippen molar-refractivity contribution < 1.29 is 5.11 Å². The van der Waals surface area contributed by atoms with E-state index in [-0.39, 0.29) is 0 Å². The molecule has 0 radical (unpaired) electrons. The van der Waals surface area contributed by atoms with Crippen LogP contribution in [0.25, 0.3) is 0 Å². The molecule has 2 aromatic rings. The Morgan fingerprint density at radius 2 is 1.63 bits per heavy atom. The van der Waals surface area contributed by atoms with E-state index in [4.69, 9.17) is 11.6 Å². The van der Waals surface area contributed by atoms with Crippen molar-refractivity contribution in [1.82, 2.24) is 0 Å². The molecule has 0 saturated heterocycles. The fourth-order valence-corrected chi connectivity index (χ4v) is 2.84. The quantitative estimate of drug-likeness (QED) is 0.871. The Hall–Kier alpha value is -1.31. The number of aryl methyl sites for hydroxylation is 3. The van der Waals surface area contributed by atoms with Gasteiger partial charge in [0.2, 0.25) is 0 Å². The Morgan fingerprint density at radius 3 is 2.21 bits per heavy atom. The summed E-state index contributed by atoms with van der Waals surface area (Å²) in [5, 5.41) is 11.0. The Morgan fingerprint density at radius 1 is 1.05 bits per heavy atom. The number of benzene rings is 2. The molecular weight excluding hydrogens is 256 g/mol. The second-order valence-corrected chi connectivity index (χ2v) is 5.53. The van der Waals surface area contributed by atoms with E-state index in [9.17, 15) is 5.11 Å². The smallest absolute Gasteiger partial charge is 0.0844 e. The van der Waals surface area contributed by atoms with Crippen molar-refractivity contribution in [2.75, 3.05) is 0 Å². The standard InChI is InChI=1S/C17H19ClO/c1-11-8-12(2)15(13(3)9-11)10-17(19)14-6-4-5-7-16(14)18/h4-9,17,19H,10H2,1-3H3. The maximum atomic E-state index is 10.4. The molecule has 1 nitrogen and oxygen atoms in total. The Kier molecular flexibility index (Phi) is 4.28. The molecule has 0 aliphatic carbocycles. The third-order valence-electron chi connectivity index (χ3n) is 3.50. The summed E-state index contributed by atoms with van der Waals surface area (Å²) >= 11 is 6.13. The molecule has 0 heterocycles. The highest BCUT2D eigenvalue weighted by atomic mass is 35.5. The first-order valence-electron chi connectivity index (χ1n) is 6.48. The summed E-state index contributed by atoms with van der Waals surface area (Å²) in [4.78, 5) is 0. The van der Waals surface area contributed by atoms with E-state index in [1.165, 1.54) is 22.3 Å². The van der Waals surface area contributed by atoms with Crippen LogP contribution in [0.4, 0.5) is 0 Å². The molecule has 100 valence electrons. The fraction of sp³-hybridized carbons (Fsp3) is 0.294. The van der Waals surface area contributed by atoms with Crippen LogP contribution in [0.5, 0.6) is 0 Å². The lowest BCUT2D eigenvalue weighted by Gasteiger charge is -2.17. The zero-order chi connectivity index (χ0) is 14.0. The average molecular weight is 275 g/mol. The van der Waals surface area contributed by atoms with Crippen LogP contribution in [0.15, 0.2) is 36.4 Å². The minimum Gasteiger partial charge on any atom is -0.388 e. The lowest BCUT2D eigenvalue weighted by Crippen LogP contribution is -2.06. The van der Waals surface area contributed by atoms with Crippen molar-refractivity contribution in [3.05, 3.63) is 69.2 Å². The van der Waals surface area contributed by atoms with Crippen molar-refractivity contribution in [1.29, 1.82) is 0 Å². The van der Waals surface area contributed by atoms with Gasteiger partial charge < -0.3 is 5.11 Å². The zero-order valence-electron chi connectivity index (χ0n) is 11.6. The summed E-state index contributed by atoms with van der Waals surface area (Å²) in [5.74, 6) is 0. The van der Waals surface area contributed by atoms with Gasteiger partial charge in [0.15, 0.2) is 0 Å². The number of halogens is 1. The molecule has 0 bridgehead atoms. The molecule has 0 fully saturated rings. The molecule has 1 atom stereocenters. The molecule has 0 spiro atoms. The molecule has 0 aromatic heterocycles. The van der Waals surface area contributed by atoms with Crippen LogP contribution in [0.3, 0.4) is 0 Å². The van der Waals surface area contributed by atoms with Crippen LogP contribution in [0.2, 0.25) is 5.02 Å². The summed E-state index contributed by atoms with van der Waals surface area (Å²) in [7, 11) is 0. The molecule has 1 N–H and O–H groups in total. The van der Waals surface area contributed by atoms with Gasteiger partial charge in [0.25, 0.3) is 0 Å². The van der Waals surface area contributed by atoms with Crippen LogP contribution in [-0.4, -0.2) is 5.11 Å². The zero-order valence-corrected chi connectivity index (χ0v) is 12.3. The number of hydrogen-bond donors (Lipinski definition) is 1. The van der Waals surface area contributed by atoms with Crippen LogP contribution < -0.4 is 0 Å². The number of rotatable bonds is 3. The Labute approximate surface area is 119 Å². The molecule has 0 aliphatic rings. The van der Waals surface area contributed by atoms with Gasteiger partial charge in [-0.1, -0.05) is 47.5 Å². The first-order chi connectivity index (χ1) is 8.99. The van der Waals surface area contributed by atoms with Gasteiger partial charge in [-0.15, -0.1) is 0 Å². The highest BCUT2D eigenvalue weighted by Gasteiger charge is 2.14. The van der Waals surface area contributed by atoms with Crippen LogP contribution >= 0.6 is 11.6 Å². The number of aliphatic hydroxyl groups is 1. The normalized spacial score (nSPS) is 12.5. The molecule has 2 aromatic carbocycles. The molecular formula is C17H19ClO. The fourth-order valence-electron chi connectivity index (χ4n) is 2.58. The summed E-state index contributed by atoms with van der Waals surface area (Å²) < 4.78 is 0. The minimum atomic E-state index is -0.561. The van der Waals surface area contributed by atoms with Crippen LogP contribution in [0, 0.1) is 20.8 Å². The first kappa shape index (κ1) is 14.1. The number of hydrogen-bond acceptors (Lipinski definition) is 1. The lowest BCUT2D eigenvalue weighted by atomic mass is 9.93. The SMILES string of the molecule is Cc1cc(C)c(CC(O)c2ccccc2Cl)c(C)c1. The van der Waals surface area contributed by atoms with Gasteiger partial charge in [-0.3, -0.25) is 0 Å². The second-order valence-electron chi connectivity index (χ2n) is 5.12. The molecule has 19 heavy (non-hydrogen) atoms. The molecule has 0 saturated carbocycles. The predicted molar refractivity (Wildman–Crippen MR) is 80.8 cm³/mol. The van der Waals surface area contributed by atoms with Crippen LogP contribution in [-0.2, 0) is 6.42 Å². The third-order valence-corrected chi connectivity index (χ3v) is 3.85. The van der Waals surface area contributed by atoms with Gasteiger partial charge in [-0.25, -0.2) is 0 Å². The van der Waals surface area contributed by atoms with Crippen molar-refractivity contribution in [3.8, 4) is 0 Å². The van der Waals surface area contributed by atoms with Crippen molar-refractivity contribution >= 4 is 11.6 Å². The van der Waals surface area contributed by atoms with Crippen molar-refractivity contribution in [3.63, 3.8) is 0 Å². The average Bonchev–Trinajstić information content (AvgIpc) is 2.34. The summed E-state index contributed by atoms with van der Waals surface area (Å²) in [6.45, 7) is 6.28. The third kappa shape index (κ3) is 3.17. The lowest BCUT2D eigenvalue weighted by molar-refractivity contribution is 0.178.